The lowest BCUT2D eigenvalue weighted by molar-refractivity contribution is 0.199. The second-order valence-corrected chi connectivity index (χ2v) is 7.21. The summed E-state index contributed by atoms with van der Waals surface area (Å²) in [5.41, 5.74) is 1.20. The third-order valence-electron chi connectivity index (χ3n) is 3.47. The van der Waals surface area contributed by atoms with Crippen molar-refractivity contribution in [2.45, 2.75) is 6.54 Å². The summed E-state index contributed by atoms with van der Waals surface area (Å²) in [7, 11) is -3.40. The van der Waals surface area contributed by atoms with Crippen molar-refractivity contribution in [3.05, 3.63) is 72.4 Å². The largest absolute Gasteiger partial charge is 0.296 e. The maximum atomic E-state index is 11.1. The van der Waals surface area contributed by atoms with E-state index in [2.05, 4.69) is 29.2 Å². The van der Waals surface area contributed by atoms with Gasteiger partial charge in [-0.05, 0) is 5.56 Å². The van der Waals surface area contributed by atoms with E-state index in [9.17, 15) is 8.42 Å². The van der Waals surface area contributed by atoms with Gasteiger partial charge in [0.25, 0.3) is 10.1 Å². The van der Waals surface area contributed by atoms with Gasteiger partial charge in [0.2, 0.25) is 0 Å². The number of hydrogen-bond acceptors (Lipinski definition) is 4. The van der Waals surface area contributed by atoms with Gasteiger partial charge in [0.05, 0.1) is 12.9 Å². The van der Waals surface area contributed by atoms with E-state index in [0.717, 1.165) is 19.3 Å². The summed E-state index contributed by atoms with van der Waals surface area (Å²) >= 11 is 0. The molecule has 0 atom stereocenters. The highest BCUT2D eigenvalue weighted by Gasteiger charge is 2.12. The second-order valence-electron chi connectivity index (χ2n) is 5.57. The highest BCUT2D eigenvalue weighted by molar-refractivity contribution is 7.85. The zero-order chi connectivity index (χ0) is 16.5. The molecule has 0 heterocycles. The van der Waals surface area contributed by atoms with Crippen molar-refractivity contribution in [2.24, 2.45) is 5.92 Å². The van der Waals surface area contributed by atoms with E-state index >= 15 is 0 Å². The van der Waals surface area contributed by atoms with Gasteiger partial charge in [-0.3, -0.25) is 9.08 Å². The van der Waals surface area contributed by atoms with E-state index in [4.69, 9.17) is 4.18 Å². The summed E-state index contributed by atoms with van der Waals surface area (Å²) in [6, 6.07) is 10.2. The lowest BCUT2D eigenvalue weighted by Gasteiger charge is -2.24. The third kappa shape index (κ3) is 7.41. The molecule has 0 spiro atoms. The molecular formula is C18H23NO3S. The zero-order valence-corrected chi connectivity index (χ0v) is 14.2. The van der Waals surface area contributed by atoms with E-state index in [1.807, 2.05) is 42.5 Å². The SMILES string of the molecule is CS(=O)(=O)OCCN(Cc1ccccc1)CC1C=CC=CC=C1. The van der Waals surface area contributed by atoms with Crippen LogP contribution in [0.25, 0.3) is 0 Å². The van der Waals surface area contributed by atoms with Crippen LogP contribution in [0.15, 0.2) is 66.8 Å². The van der Waals surface area contributed by atoms with E-state index in [1.54, 1.807) is 0 Å². The van der Waals surface area contributed by atoms with Crippen molar-refractivity contribution < 1.29 is 12.6 Å². The minimum atomic E-state index is -3.40. The highest BCUT2D eigenvalue weighted by atomic mass is 32.2. The molecule has 0 N–H and O–H groups in total. The molecule has 124 valence electrons. The molecule has 23 heavy (non-hydrogen) atoms. The molecule has 0 aromatic heterocycles. The van der Waals surface area contributed by atoms with Crippen molar-refractivity contribution in [3.8, 4) is 0 Å². The summed E-state index contributed by atoms with van der Waals surface area (Å²) < 4.78 is 27.2. The molecule has 5 heteroatoms. The van der Waals surface area contributed by atoms with Gasteiger partial charge in [-0.25, -0.2) is 0 Å². The molecule has 0 unspecified atom stereocenters. The number of rotatable bonds is 8. The standard InChI is InChI=1S/C18H23NO3S/c1-23(20,21)22-14-13-19(16-18-11-7-4-8-12-18)15-17-9-5-2-3-6-10-17/h2-12,17H,13-16H2,1H3. The third-order valence-corrected chi connectivity index (χ3v) is 4.07. The number of benzene rings is 1. The van der Waals surface area contributed by atoms with E-state index in [0.29, 0.717) is 12.5 Å². The van der Waals surface area contributed by atoms with Gasteiger partial charge in [-0.15, -0.1) is 0 Å². The Morgan fingerprint density at radius 1 is 1.04 bits per heavy atom. The first kappa shape index (κ1) is 17.7. The van der Waals surface area contributed by atoms with Crippen molar-refractivity contribution in [1.82, 2.24) is 4.90 Å². The van der Waals surface area contributed by atoms with Crippen LogP contribution in [0.3, 0.4) is 0 Å². The topological polar surface area (TPSA) is 46.6 Å². The van der Waals surface area contributed by atoms with E-state index in [1.165, 1.54) is 5.56 Å². The molecule has 1 aromatic rings. The van der Waals surface area contributed by atoms with Crippen LogP contribution in [0.2, 0.25) is 0 Å². The Bertz CT molecular complexity index is 647. The lowest BCUT2D eigenvalue weighted by atomic mass is 10.1. The highest BCUT2D eigenvalue weighted by Crippen LogP contribution is 2.12. The van der Waals surface area contributed by atoms with Crippen LogP contribution in [0.4, 0.5) is 0 Å². The first-order chi connectivity index (χ1) is 11.0. The molecule has 1 aliphatic rings. The summed E-state index contributed by atoms with van der Waals surface area (Å²) in [5, 5.41) is 0. The Hall–Kier alpha value is -1.69. The smallest absolute Gasteiger partial charge is 0.264 e. The quantitative estimate of drug-likeness (QED) is 0.686. The van der Waals surface area contributed by atoms with Crippen LogP contribution in [-0.2, 0) is 20.8 Å². The predicted molar refractivity (Wildman–Crippen MR) is 93.4 cm³/mol. The summed E-state index contributed by atoms with van der Waals surface area (Å²) in [6.07, 6.45) is 13.5. The molecule has 0 bridgehead atoms. The summed E-state index contributed by atoms with van der Waals surface area (Å²) in [4.78, 5) is 2.21. The molecule has 0 radical (unpaired) electrons. The molecule has 0 fully saturated rings. The Morgan fingerprint density at radius 3 is 2.30 bits per heavy atom. The maximum Gasteiger partial charge on any atom is 0.264 e. The molecule has 0 amide bonds. The number of hydrogen-bond donors (Lipinski definition) is 0. The van der Waals surface area contributed by atoms with Gasteiger partial charge in [-0.2, -0.15) is 8.42 Å². The van der Waals surface area contributed by atoms with Gasteiger partial charge in [0, 0.05) is 25.6 Å². The molecular weight excluding hydrogens is 310 g/mol. The molecule has 0 aliphatic heterocycles. The van der Waals surface area contributed by atoms with Crippen LogP contribution in [0.1, 0.15) is 5.56 Å². The predicted octanol–water partition coefficient (Wildman–Crippen LogP) is 2.76. The van der Waals surface area contributed by atoms with Crippen molar-refractivity contribution in [3.63, 3.8) is 0 Å². The van der Waals surface area contributed by atoms with Gasteiger partial charge >= 0.3 is 0 Å². The molecule has 1 aromatic carbocycles. The molecule has 0 saturated heterocycles. The van der Waals surface area contributed by atoms with E-state index in [-0.39, 0.29) is 6.61 Å². The van der Waals surface area contributed by atoms with Crippen LogP contribution in [0.5, 0.6) is 0 Å². The fourth-order valence-electron chi connectivity index (χ4n) is 2.42. The van der Waals surface area contributed by atoms with E-state index < -0.39 is 10.1 Å². The average Bonchev–Trinajstić information content (AvgIpc) is 2.75. The summed E-state index contributed by atoms with van der Waals surface area (Å²) in [6.45, 7) is 2.31. The Labute approximate surface area is 138 Å². The van der Waals surface area contributed by atoms with Gasteiger partial charge in [0.1, 0.15) is 0 Å². The monoisotopic (exact) mass is 333 g/mol. The molecule has 0 saturated carbocycles. The molecule has 2 rings (SSSR count). The van der Waals surface area contributed by atoms with Crippen molar-refractivity contribution in [1.29, 1.82) is 0 Å². The average molecular weight is 333 g/mol. The van der Waals surface area contributed by atoms with Crippen LogP contribution in [0, 0.1) is 5.92 Å². The van der Waals surface area contributed by atoms with Crippen molar-refractivity contribution in [2.75, 3.05) is 26.0 Å². The van der Waals surface area contributed by atoms with Crippen LogP contribution < -0.4 is 0 Å². The Morgan fingerprint density at radius 2 is 1.70 bits per heavy atom. The first-order valence-corrected chi connectivity index (χ1v) is 9.47. The number of nitrogens with zero attached hydrogens (tertiary/aromatic N) is 1. The normalized spacial score (nSPS) is 15.2. The van der Waals surface area contributed by atoms with Crippen molar-refractivity contribution >= 4 is 10.1 Å². The fraction of sp³-hybridized carbons (Fsp3) is 0.333. The number of allylic oxidation sites excluding steroid dienone is 4. The minimum absolute atomic E-state index is 0.171. The molecule has 4 nitrogen and oxygen atoms in total. The summed E-state index contributed by atoms with van der Waals surface area (Å²) in [5.74, 6) is 0.298. The zero-order valence-electron chi connectivity index (χ0n) is 13.3. The second kappa shape index (κ2) is 8.82. The van der Waals surface area contributed by atoms with Crippen LogP contribution >= 0.6 is 0 Å². The van der Waals surface area contributed by atoms with Gasteiger partial charge in [-0.1, -0.05) is 66.8 Å². The molecule has 1 aliphatic carbocycles. The Kier molecular flexibility index (Phi) is 6.77. The Balaban J connectivity index is 1.98. The van der Waals surface area contributed by atoms with Crippen LogP contribution in [-0.4, -0.2) is 39.3 Å². The first-order valence-electron chi connectivity index (χ1n) is 7.65. The maximum absolute atomic E-state index is 11.1. The fourth-order valence-corrected chi connectivity index (χ4v) is 2.80. The van der Waals surface area contributed by atoms with Gasteiger partial charge < -0.3 is 0 Å². The minimum Gasteiger partial charge on any atom is -0.296 e. The van der Waals surface area contributed by atoms with Gasteiger partial charge in [0.15, 0.2) is 0 Å². The lowest BCUT2D eigenvalue weighted by Crippen LogP contribution is -2.31.